The normalized spacial score (nSPS) is 24.3. The minimum atomic E-state index is -0.794. The van der Waals surface area contributed by atoms with Crippen LogP contribution in [0.15, 0.2) is 24.3 Å². The van der Waals surface area contributed by atoms with Gasteiger partial charge in [0.25, 0.3) is 0 Å². The van der Waals surface area contributed by atoms with Crippen molar-refractivity contribution in [1.29, 1.82) is 0 Å². The lowest BCUT2D eigenvalue weighted by Gasteiger charge is -2.29. The Hall–Kier alpha value is -1.55. The second kappa shape index (κ2) is 5.19. The van der Waals surface area contributed by atoms with Gasteiger partial charge in [0, 0.05) is 12.5 Å². The predicted octanol–water partition coefficient (Wildman–Crippen LogP) is 1.90. The molecule has 1 aromatic rings. The van der Waals surface area contributed by atoms with Crippen LogP contribution in [0.3, 0.4) is 0 Å². The fourth-order valence-electron chi connectivity index (χ4n) is 2.25. The van der Waals surface area contributed by atoms with Crippen LogP contribution in [0.2, 0.25) is 0 Å². The smallest absolute Gasteiger partial charge is 0.309 e. The third-order valence-corrected chi connectivity index (χ3v) is 3.20. The molecule has 0 aromatic heterocycles. The number of methoxy groups -OCH3 is 1. The molecule has 0 amide bonds. The van der Waals surface area contributed by atoms with E-state index in [1.165, 1.54) is 0 Å². The Morgan fingerprint density at radius 3 is 3.06 bits per heavy atom. The van der Waals surface area contributed by atoms with Crippen molar-refractivity contribution in [3.05, 3.63) is 29.8 Å². The first-order valence-electron chi connectivity index (χ1n) is 5.67. The van der Waals surface area contributed by atoms with Gasteiger partial charge in [-0.05, 0) is 24.1 Å². The standard InChI is InChI=1S/C13H16O4/c1-16-10-4-2-3-9(7-10)11-5-6-17-8-12(11)13(14)15/h2-4,7,11-12H,5-6,8H2,1H3,(H,14,15). The van der Waals surface area contributed by atoms with E-state index >= 15 is 0 Å². The van der Waals surface area contributed by atoms with Crippen LogP contribution in [-0.4, -0.2) is 31.4 Å². The van der Waals surface area contributed by atoms with E-state index in [2.05, 4.69) is 0 Å². The summed E-state index contributed by atoms with van der Waals surface area (Å²) in [5.74, 6) is -0.483. The van der Waals surface area contributed by atoms with Gasteiger partial charge in [0.15, 0.2) is 0 Å². The quantitative estimate of drug-likeness (QED) is 0.870. The lowest BCUT2D eigenvalue weighted by Crippen LogP contribution is -2.32. The molecule has 1 aliphatic heterocycles. The van der Waals surface area contributed by atoms with E-state index in [1.54, 1.807) is 7.11 Å². The van der Waals surface area contributed by atoms with Crippen LogP contribution in [-0.2, 0) is 9.53 Å². The molecule has 92 valence electrons. The monoisotopic (exact) mass is 236 g/mol. The number of carbonyl (C=O) groups is 1. The highest BCUT2D eigenvalue weighted by atomic mass is 16.5. The van der Waals surface area contributed by atoms with E-state index in [0.717, 1.165) is 17.7 Å². The van der Waals surface area contributed by atoms with Crippen molar-refractivity contribution >= 4 is 5.97 Å². The Kier molecular flexibility index (Phi) is 3.64. The van der Waals surface area contributed by atoms with Gasteiger partial charge in [0.2, 0.25) is 0 Å². The van der Waals surface area contributed by atoms with Gasteiger partial charge in [-0.15, -0.1) is 0 Å². The predicted molar refractivity (Wildman–Crippen MR) is 62.3 cm³/mol. The maximum atomic E-state index is 11.2. The molecule has 1 saturated heterocycles. The molecule has 17 heavy (non-hydrogen) atoms. The van der Waals surface area contributed by atoms with Gasteiger partial charge in [-0.25, -0.2) is 0 Å². The SMILES string of the molecule is COc1cccc(C2CCOCC2C(=O)O)c1. The van der Waals surface area contributed by atoms with E-state index < -0.39 is 11.9 Å². The molecule has 4 nitrogen and oxygen atoms in total. The van der Waals surface area contributed by atoms with E-state index in [0.29, 0.717) is 6.61 Å². The molecular formula is C13H16O4. The zero-order valence-corrected chi connectivity index (χ0v) is 9.76. The average Bonchev–Trinajstić information content (AvgIpc) is 2.39. The van der Waals surface area contributed by atoms with Crippen molar-refractivity contribution in [2.45, 2.75) is 12.3 Å². The van der Waals surface area contributed by atoms with Crippen molar-refractivity contribution in [3.63, 3.8) is 0 Å². The van der Waals surface area contributed by atoms with Gasteiger partial charge in [-0.3, -0.25) is 4.79 Å². The van der Waals surface area contributed by atoms with E-state index in [-0.39, 0.29) is 12.5 Å². The van der Waals surface area contributed by atoms with E-state index in [1.807, 2.05) is 24.3 Å². The second-order valence-electron chi connectivity index (χ2n) is 4.19. The van der Waals surface area contributed by atoms with Crippen molar-refractivity contribution in [2.75, 3.05) is 20.3 Å². The summed E-state index contributed by atoms with van der Waals surface area (Å²) in [4.78, 5) is 11.2. The molecule has 1 aromatic carbocycles. The molecule has 0 radical (unpaired) electrons. The van der Waals surface area contributed by atoms with Crippen molar-refractivity contribution in [3.8, 4) is 5.75 Å². The van der Waals surface area contributed by atoms with Crippen LogP contribution in [0, 0.1) is 5.92 Å². The molecule has 1 aliphatic rings. The van der Waals surface area contributed by atoms with Crippen LogP contribution < -0.4 is 4.74 Å². The molecule has 2 rings (SSSR count). The fourth-order valence-corrected chi connectivity index (χ4v) is 2.25. The molecule has 2 unspecified atom stereocenters. The highest BCUT2D eigenvalue weighted by molar-refractivity contribution is 5.71. The first-order valence-corrected chi connectivity index (χ1v) is 5.67. The van der Waals surface area contributed by atoms with Crippen LogP contribution in [0.25, 0.3) is 0 Å². The Morgan fingerprint density at radius 2 is 2.35 bits per heavy atom. The summed E-state index contributed by atoms with van der Waals surface area (Å²) in [5.41, 5.74) is 1.01. The minimum absolute atomic E-state index is 0.0105. The average molecular weight is 236 g/mol. The molecule has 0 bridgehead atoms. The maximum Gasteiger partial charge on any atom is 0.309 e. The number of carboxylic acid groups (broad SMARTS) is 1. The Bertz CT molecular complexity index is 402. The number of hydrogen-bond acceptors (Lipinski definition) is 3. The number of benzene rings is 1. The Labute approximate surface area is 100 Å². The minimum Gasteiger partial charge on any atom is -0.497 e. The third kappa shape index (κ3) is 2.58. The maximum absolute atomic E-state index is 11.2. The molecule has 1 fully saturated rings. The lowest BCUT2D eigenvalue weighted by molar-refractivity contribution is -0.147. The highest BCUT2D eigenvalue weighted by Crippen LogP contribution is 2.33. The van der Waals surface area contributed by atoms with Gasteiger partial charge >= 0.3 is 5.97 Å². The number of carboxylic acids is 1. The highest BCUT2D eigenvalue weighted by Gasteiger charge is 2.32. The first-order chi connectivity index (χ1) is 8.22. The van der Waals surface area contributed by atoms with Crippen molar-refractivity contribution in [1.82, 2.24) is 0 Å². The largest absolute Gasteiger partial charge is 0.497 e. The molecule has 1 heterocycles. The molecule has 4 heteroatoms. The topological polar surface area (TPSA) is 55.8 Å². The van der Waals surface area contributed by atoms with Crippen LogP contribution in [0.5, 0.6) is 5.75 Å². The third-order valence-electron chi connectivity index (χ3n) is 3.20. The van der Waals surface area contributed by atoms with E-state index in [4.69, 9.17) is 9.47 Å². The fraction of sp³-hybridized carbons (Fsp3) is 0.462. The zero-order valence-electron chi connectivity index (χ0n) is 9.76. The summed E-state index contributed by atoms with van der Waals surface area (Å²) in [7, 11) is 1.61. The van der Waals surface area contributed by atoms with Gasteiger partial charge in [-0.1, -0.05) is 12.1 Å². The molecule has 1 N–H and O–H groups in total. The van der Waals surface area contributed by atoms with Crippen molar-refractivity contribution in [2.24, 2.45) is 5.92 Å². The second-order valence-corrected chi connectivity index (χ2v) is 4.19. The summed E-state index contributed by atoms with van der Waals surface area (Å²) >= 11 is 0. The summed E-state index contributed by atoms with van der Waals surface area (Å²) in [6.07, 6.45) is 0.740. The molecule has 0 aliphatic carbocycles. The number of ether oxygens (including phenoxy) is 2. The number of aliphatic carboxylic acids is 1. The van der Waals surface area contributed by atoms with Gasteiger partial charge in [0.1, 0.15) is 5.75 Å². The zero-order chi connectivity index (χ0) is 12.3. The number of hydrogen-bond donors (Lipinski definition) is 1. The molecular weight excluding hydrogens is 220 g/mol. The summed E-state index contributed by atoms with van der Waals surface area (Å²) in [5, 5.41) is 9.19. The molecule has 2 atom stereocenters. The van der Waals surface area contributed by atoms with Crippen LogP contribution in [0.1, 0.15) is 17.9 Å². The molecule has 0 saturated carbocycles. The van der Waals surface area contributed by atoms with Gasteiger partial charge in [0.05, 0.1) is 19.6 Å². The molecule has 0 spiro atoms. The Balaban J connectivity index is 2.26. The van der Waals surface area contributed by atoms with Gasteiger partial charge < -0.3 is 14.6 Å². The van der Waals surface area contributed by atoms with E-state index in [9.17, 15) is 9.90 Å². The summed E-state index contributed by atoms with van der Waals surface area (Å²) in [6, 6.07) is 7.61. The lowest BCUT2D eigenvalue weighted by atomic mass is 9.83. The number of rotatable bonds is 3. The first kappa shape index (κ1) is 11.9. The summed E-state index contributed by atoms with van der Waals surface area (Å²) in [6.45, 7) is 0.906. The summed E-state index contributed by atoms with van der Waals surface area (Å²) < 4.78 is 10.4. The van der Waals surface area contributed by atoms with Crippen LogP contribution >= 0.6 is 0 Å². The van der Waals surface area contributed by atoms with Crippen molar-refractivity contribution < 1.29 is 19.4 Å². The van der Waals surface area contributed by atoms with Crippen LogP contribution in [0.4, 0.5) is 0 Å². The van der Waals surface area contributed by atoms with Gasteiger partial charge in [-0.2, -0.15) is 0 Å². The Morgan fingerprint density at radius 1 is 1.53 bits per heavy atom.